The molecule has 1 aliphatic rings. The van der Waals surface area contributed by atoms with E-state index in [1.54, 1.807) is 25.1 Å². The minimum absolute atomic E-state index is 0.0456. The molecular formula is C24H29N5O3S. The van der Waals surface area contributed by atoms with E-state index in [9.17, 15) is 13.2 Å². The number of rotatable bonds is 7. The first kappa shape index (κ1) is 23.0. The van der Waals surface area contributed by atoms with Gasteiger partial charge in [-0.1, -0.05) is 30.7 Å². The molecule has 0 radical (unpaired) electrons. The number of nitrogens with zero attached hydrogens (tertiary/aromatic N) is 3. The molecule has 2 aromatic carbocycles. The number of hydrogen-bond acceptors (Lipinski definition) is 5. The SMILES string of the molecule is Cc1ccccc1NS(=O)(=O)c1ccc(C)c(C(=O)NCCc2nnc3n2CCCCC3)c1. The number of fused-ring (bicyclic) bond motifs is 1. The number of benzene rings is 2. The average Bonchev–Trinajstić information content (AvgIpc) is 3.01. The van der Waals surface area contributed by atoms with Crippen LogP contribution in [0.25, 0.3) is 0 Å². The van der Waals surface area contributed by atoms with E-state index in [1.807, 2.05) is 19.1 Å². The molecule has 0 spiro atoms. The predicted molar refractivity (Wildman–Crippen MR) is 127 cm³/mol. The van der Waals surface area contributed by atoms with E-state index in [1.165, 1.54) is 18.6 Å². The van der Waals surface area contributed by atoms with Crippen molar-refractivity contribution >= 4 is 21.6 Å². The molecule has 2 N–H and O–H groups in total. The molecule has 1 amide bonds. The molecule has 0 fully saturated rings. The Kier molecular flexibility index (Phi) is 6.78. The smallest absolute Gasteiger partial charge is 0.261 e. The second kappa shape index (κ2) is 9.74. The fourth-order valence-corrected chi connectivity index (χ4v) is 5.17. The van der Waals surface area contributed by atoms with E-state index in [4.69, 9.17) is 0 Å². The molecule has 0 saturated heterocycles. The highest BCUT2D eigenvalue weighted by Gasteiger charge is 2.19. The molecule has 8 nitrogen and oxygen atoms in total. The summed E-state index contributed by atoms with van der Waals surface area (Å²) in [5.41, 5.74) is 2.37. The van der Waals surface area contributed by atoms with Gasteiger partial charge in [0.05, 0.1) is 10.6 Å². The van der Waals surface area contributed by atoms with E-state index < -0.39 is 10.0 Å². The monoisotopic (exact) mass is 467 g/mol. The van der Waals surface area contributed by atoms with Crippen LogP contribution in [0.3, 0.4) is 0 Å². The summed E-state index contributed by atoms with van der Waals surface area (Å²) in [6.45, 7) is 4.94. The van der Waals surface area contributed by atoms with Gasteiger partial charge in [-0.3, -0.25) is 9.52 Å². The Hall–Kier alpha value is -3.20. The van der Waals surface area contributed by atoms with Crippen LogP contribution in [0.15, 0.2) is 47.4 Å². The fourth-order valence-electron chi connectivity index (χ4n) is 4.02. The van der Waals surface area contributed by atoms with E-state index in [0.717, 1.165) is 43.0 Å². The summed E-state index contributed by atoms with van der Waals surface area (Å²) in [7, 11) is -3.83. The third-order valence-electron chi connectivity index (χ3n) is 5.97. The first-order valence-electron chi connectivity index (χ1n) is 11.2. The number of para-hydroxylation sites is 1. The van der Waals surface area contributed by atoms with Gasteiger partial charge in [0.2, 0.25) is 0 Å². The Morgan fingerprint density at radius 1 is 1.03 bits per heavy atom. The van der Waals surface area contributed by atoms with Crippen molar-refractivity contribution in [2.45, 2.75) is 57.4 Å². The van der Waals surface area contributed by atoms with Gasteiger partial charge in [-0.15, -0.1) is 10.2 Å². The van der Waals surface area contributed by atoms with Crippen molar-refractivity contribution in [3.05, 3.63) is 70.8 Å². The maximum Gasteiger partial charge on any atom is 0.261 e. The lowest BCUT2D eigenvalue weighted by molar-refractivity contribution is 0.0953. The normalized spacial score (nSPS) is 13.8. The largest absolute Gasteiger partial charge is 0.352 e. The number of hydrogen-bond donors (Lipinski definition) is 2. The van der Waals surface area contributed by atoms with Gasteiger partial charge in [0.15, 0.2) is 0 Å². The fraction of sp³-hybridized carbons (Fsp3) is 0.375. The lowest BCUT2D eigenvalue weighted by Gasteiger charge is -2.13. The van der Waals surface area contributed by atoms with Gasteiger partial charge in [0.25, 0.3) is 15.9 Å². The second-order valence-corrected chi connectivity index (χ2v) is 10.1. The van der Waals surface area contributed by atoms with Crippen molar-refractivity contribution in [1.29, 1.82) is 0 Å². The van der Waals surface area contributed by atoms with Crippen molar-refractivity contribution in [3.63, 3.8) is 0 Å². The molecule has 33 heavy (non-hydrogen) atoms. The molecule has 4 rings (SSSR count). The van der Waals surface area contributed by atoms with Crippen LogP contribution in [0.1, 0.15) is 52.4 Å². The third kappa shape index (κ3) is 5.24. The van der Waals surface area contributed by atoms with Crippen LogP contribution in [0.4, 0.5) is 5.69 Å². The van der Waals surface area contributed by atoms with E-state index in [2.05, 4.69) is 24.8 Å². The van der Waals surface area contributed by atoms with Crippen LogP contribution >= 0.6 is 0 Å². The zero-order valence-electron chi connectivity index (χ0n) is 19.0. The number of amides is 1. The Labute approximate surface area is 194 Å². The first-order chi connectivity index (χ1) is 15.8. The highest BCUT2D eigenvalue weighted by Crippen LogP contribution is 2.21. The number of anilines is 1. The molecule has 0 bridgehead atoms. The van der Waals surface area contributed by atoms with Crippen LogP contribution in [0.2, 0.25) is 0 Å². The Morgan fingerprint density at radius 3 is 2.67 bits per heavy atom. The molecular weight excluding hydrogens is 438 g/mol. The van der Waals surface area contributed by atoms with Crippen molar-refractivity contribution in [3.8, 4) is 0 Å². The number of aromatic nitrogens is 3. The number of carbonyl (C=O) groups excluding carboxylic acids is 1. The molecule has 2 heterocycles. The predicted octanol–water partition coefficient (Wildman–Crippen LogP) is 3.39. The van der Waals surface area contributed by atoms with Gasteiger partial charge in [-0.05, 0) is 56.0 Å². The van der Waals surface area contributed by atoms with E-state index >= 15 is 0 Å². The van der Waals surface area contributed by atoms with Gasteiger partial charge < -0.3 is 9.88 Å². The number of aryl methyl sites for hydroxylation is 3. The standard InChI is InChI=1S/C24H29N5O3S/c1-17-11-12-19(33(31,32)28-21-9-6-5-8-18(21)2)16-20(17)24(30)25-14-13-23-27-26-22-10-4-3-7-15-29(22)23/h5-6,8-9,11-12,16,28H,3-4,7,10,13-15H2,1-2H3,(H,25,30). The van der Waals surface area contributed by atoms with Gasteiger partial charge >= 0.3 is 0 Å². The number of nitrogens with one attached hydrogen (secondary N) is 2. The average molecular weight is 468 g/mol. The molecule has 0 saturated carbocycles. The third-order valence-corrected chi connectivity index (χ3v) is 7.34. The maximum atomic E-state index is 12.9. The number of sulfonamides is 1. The Morgan fingerprint density at radius 2 is 1.85 bits per heavy atom. The van der Waals surface area contributed by atoms with Crippen LogP contribution in [-0.4, -0.2) is 35.6 Å². The number of carbonyl (C=O) groups is 1. The molecule has 0 unspecified atom stereocenters. The zero-order chi connectivity index (χ0) is 23.4. The Balaban J connectivity index is 1.45. The summed E-state index contributed by atoms with van der Waals surface area (Å²) >= 11 is 0. The maximum absolute atomic E-state index is 12.9. The summed E-state index contributed by atoms with van der Waals surface area (Å²) in [4.78, 5) is 12.9. The molecule has 3 aromatic rings. The topological polar surface area (TPSA) is 106 Å². The summed E-state index contributed by atoms with van der Waals surface area (Å²) in [5, 5.41) is 11.5. The van der Waals surface area contributed by atoms with Crippen molar-refractivity contribution in [2.24, 2.45) is 0 Å². The summed E-state index contributed by atoms with van der Waals surface area (Å²) in [5.74, 6) is 1.59. The lowest BCUT2D eigenvalue weighted by Crippen LogP contribution is -2.27. The van der Waals surface area contributed by atoms with E-state index in [0.29, 0.717) is 29.8 Å². The Bertz CT molecular complexity index is 1270. The second-order valence-electron chi connectivity index (χ2n) is 8.40. The van der Waals surface area contributed by atoms with Gasteiger partial charge in [0, 0.05) is 31.5 Å². The lowest BCUT2D eigenvalue weighted by atomic mass is 10.1. The van der Waals surface area contributed by atoms with E-state index in [-0.39, 0.29) is 10.8 Å². The van der Waals surface area contributed by atoms with Gasteiger partial charge in [-0.25, -0.2) is 8.42 Å². The van der Waals surface area contributed by atoms with Crippen LogP contribution < -0.4 is 10.0 Å². The molecule has 174 valence electrons. The van der Waals surface area contributed by atoms with Gasteiger partial charge in [-0.2, -0.15) is 0 Å². The molecule has 9 heteroatoms. The molecule has 1 aliphatic heterocycles. The van der Waals surface area contributed by atoms with Crippen LogP contribution in [0, 0.1) is 13.8 Å². The molecule has 1 aromatic heterocycles. The van der Waals surface area contributed by atoms with Crippen molar-refractivity contribution < 1.29 is 13.2 Å². The quantitative estimate of drug-likeness (QED) is 0.554. The van der Waals surface area contributed by atoms with Gasteiger partial charge in [0.1, 0.15) is 11.6 Å². The summed E-state index contributed by atoms with van der Waals surface area (Å²) in [6.07, 6.45) is 4.95. The van der Waals surface area contributed by atoms with Crippen molar-refractivity contribution in [2.75, 3.05) is 11.3 Å². The summed E-state index contributed by atoms with van der Waals surface area (Å²) in [6, 6.07) is 11.7. The molecule has 0 aliphatic carbocycles. The highest BCUT2D eigenvalue weighted by molar-refractivity contribution is 7.92. The first-order valence-corrected chi connectivity index (χ1v) is 12.7. The van der Waals surface area contributed by atoms with Crippen LogP contribution in [-0.2, 0) is 29.4 Å². The highest BCUT2D eigenvalue weighted by atomic mass is 32.2. The molecule has 0 atom stereocenters. The van der Waals surface area contributed by atoms with Crippen molar-refractivity contribution in [1.82, 2.24) is 20.1 Å². The minimum Gasteiger partial charge on any atom is -0.352 e. The zero-order valence-corrected chi connectivity index (χ0v) is 19.8. The minimum atomic E-state index is -3.83. The summed E-state index contributed by atoms with van der Waals surface area (Å²) < 4.78 is 30.6. The van der Waals surface area contributed by atoms with Crippen LogP contribution in [0.5, 0.6) is 0 Å².